The normalized spacial score (nSPS) is 10.1. The number of benzene rings is 1. The lowest BCUT2D eigenvalue weighted by Gasteiger charge is -2.09. The summed E-state index contributed by atoms with van der Waals surface area (Å²) in [5.41, 5.74) is 0.578. The molecule has 7 nitrogen and oxygen atoms in total. The van der Waals surface area contributed by atoms with Crippen LogP contribution in [-0.4, -0.2) is 21.4 Å². The first-order chi connectivity index (χ1) is 9.61. The molecule has 104 valence electrons. The van der Waals surface area contributed by atoms with Crippen molar-refractivity contribution in [1.29, 1.82) is 0 Å². The standard InChI is InChI=1S/C12H12IN5O2/c1-2-14-11-10(18(19)20)12(16-7-15-11)17-9-5-3-4-8(13)6-9/h3-7H,2H2,1H3,(H2,14,15,16,17). The van der Waals surface area contributed by atoms with Gasteiger partial charge in [0.05, 0.1) is 4.92 Å². The van der Waals surface area contributed by atoms with Crippen LogP contribution in [0, 0.1) is 13.7 Å². The highest BCUT2D eigenvalue weighted by atomic mass is 127. The molecule has 0 spiro atoms. The summed E-state index contributed by atoms with van der Waals surface area (Å²) in [4.78, 5) is 18.6. The lowest BCUT2D eigenvalue weighted by Crippen LogP contribution is -2.07. The zero-order valence-electron chi connectivity index (χ0n) is 10.6. The Balaban J connectivity index is 2.40. The summed E-state index contributed by atoms with van der Waals surface area (Å²) in [6, 6.07) is 7.49. The van der Waals surface area contributed by atoms with Gasteiger partial charge < -0.3 is 10.6 Å². The number of hydrogen-bond donors (Lipinski definition) is 2. The van der Waals surface area contributed by atoms with Crippen LogP contribution in [0.3, 0.4) is 0 Å². The molecule has 1 aromatic heterocycles. The van der Waals surface area contributed by atoms with E-state index in [1.54, 1.807) is 0 Å². The summed E-state index contributed by atoms with van der Waals surface area (Å²) in [6.45, 7) is 2.39. The van der Waals surface area contributed by atoms with Crippen LogP contribution in [0.4, 0.5) is 23.0 Å². The fourth-order valence-corrected chi connectivity index (χ4v) is 2.19. The molecular weight excluding hydrogens is 373 g/mol. The minimum absolute atomic E-state index is 0.159. The van der Waals surface area contributed by atoms with Gasteiger partial charge in [-0.2, -0.15) is 0 Å². The van der Waals surface area contributed by atoms with Crippen molar-refractivity contribution in [1.82, 2.24) is 9.97 Å². The van der Waals surface area contributed by atoms with Crippen molar-refractivity contribution in [2.24, 2.45) is 0 Å². The minimum atomic E-state index is -0.492. The molecule has 0 bridgehead atoms. The van der Waals surface area contributed by atoms with Crippen LogP contribution in [0.2, 0.25) is 0 Å². The highest BCUT2D eigenvalue weighted by Crippen LogP contribution is 2.31. The molecule has 0 saturated carbocycles. The predicted molar refractivity (Wildman–Crippen MR) is 85.3 cm³/mol. The molecule has 2 N–H and O–H groups in total. The first kappa shape index (κ1) is 14.4. The summed E-state index contributed by atoms with van der Waals surface area (Å²) in [5, 5.41) is 17.0. The second-order valence-electron chi connectivity index (χ2n) is 3.84. The van der Waals surface area contributed by atoms with E-state index in [-0.39, 0.29) is 17.3 Å². The van der Waals surface area contributed by atoms with Crippen molar-refractivity contribution in [2.75, 3.05) is 17.2 Å². The SMILES string of the molecule is CCNc1ncnc(Nc2cccc(I)c2)c1[N+](=O)[O-]. The Labute approximate surface area is 129 Å². The zero-order chi connectivity index (χ0) is 14.5. The number of nitrogens with one attached hydrogen (secondary N) is 2. The molecule has 1 heterocycles. The maximum absolute atomic E-state index is 11.2. The van der Waals surface area contributed by atoms with Crippen LogP contribution < -0.4 is 10.6 Å². The van der Waals surface area contributed by atoms with Gasteiger partial charge in [-0.25, -0.2) is 9.97 Å². The van der Waals surface area contributed by atoms with Crippen molar-refractivity contribution in [2.45, 2.75) is 6.92 Å². The van der Waals surface area contributed by atoms with E-state index in [1.807, 2.05) is 31.2 Å². The number of nitrogens with zero attached hydrogens (tertiary/aromatic N) is 3. The summed E-state index contributed by atoms with van der Waals surface area (Å²) in [5.74, 6) is 0.378. The fourth-order valence-electron chi connectivity index (χ4n) is 1.64. The van der Waals surface area contributed by atoms with Crippen LogP contribution in [0.5, 0.6) is 0 Å². The van der Waals surface area contributed by atoms with Crippen LogP contribution in [-0.2, 0) is 0 Å². The van der Waals surface area contributed by atoms with Crippen LogP contribution in [0.15, 0.2) is 30.6 Å². The smallest absolute Gasteiger partial charge is 0.353 e. The average molecular weight is 385 g/mol. The Kier molecular flexibility index (Phi) is 4.66. The van der Waals surface area contributed by atoms with Crippen molar-refractivity contribution >= 4 is 45.6 Å². The van der Waals surface area contributed by atoms with Gasteiger partial charge in [-0.3, -0.25) is 10.1 Å². The monoisotopic (exact) mass is 385 g/mol. The fraction of sp³-hybridized carbons (Fsp3) is 0.167. The Bertz CT molecular complexity index is 635. The molecular formula is C12H12IN5O2. The van der Waals surface area contributed by atoms with Gasteiger partial charge >= 0.3 is 5.69 Å². The second-order valence-corrected chi connectivity index (χ2v) is 5.09. The number of aromatic nitrogens is 2. The van der Waals surface area contributed by atoms with Crippen molar-refractivity contribution in [3.63, 3.8) is 0 Å². The van der Waals surface area contributed by atoms with E-state index >= 15 is 0 Å². The number of hydrogen-bond acceptors (Lipinski definition) is 6. The lowest BCUT2D eigenvalue weighted by molar-refractivity contribution is -0.383. The van der Waals surface area contributed by atoms with Crippen molar-refractivity contribution in [3.05, 3.63) is 44.3 Å². The molecule has 0 aliphatic rings. The Morgan fingerprint density at radius 3 is 2.75 bits per heavy atom. The molecule has 0 amide bonds. The average Bonchev–Trinajstić information content (AvgIpc) is 2.39. The topological polar surface area (TPSA) is 93.0 Å². The van der Waals surface area contributed by atoms with Crippen molar-refractivity contribution in [3.8, 4) is 0 Å². The third-order valence-corrected chi connectivity index (χ3v) is 3.11. The molecule has 2 aromatic rings. The summed E-state index contributed by atoms with van der Waals surface area (Å²) >= 11 is 2.17. The highest BCUT2D eigenvalue weighted by molar-refractivity contribution is 14.1. The van der Waals surface area contributed by atoms with E-state index in [0.717, 1.165) is 9.26 Å². The van der Waals surface area contributed by atoms with Gasteiger partial charge in [-0.05, 0) is 47.7 Å². The molecule has 2 rings (SSSR count). The van der Waals surface area contributed by atoms with E-state index in [2.05, 4.69) is 43.2 Å². The van der Waals surface area contributed by atoms with Gasteiger partial charge in [0.15, 0.2) is 0 Å². The molecule has 0 saturated heterocycles. The maximum Gasteiger partial charge on any atom is 0.353 e. The molecule has 8 heteroatoms. The molecule has 0 aliphatic heterocycles. The lowest BCUT2D eigenvalue weighted by atomic mass is 10.3. The molecule has 0 aliphatic carbocycles. The third-order valence-electron chi connectivity index (χ3n) is 2.44. The second kappa shape index (κ2) is 6.46. The number of rotatable bonds is 5. The van der Waals surface area contributed by atoms with Gasteiger partial charge in [0.2, 0.25) is 11.6 Å². The molecule has 0 fully saturated rings. The number of anilines is 3. The molecule has 0 unspecified atom stereocenters. The minimum Gasteiger partial charge on any atom is -0.364 e. The van der Waals surface area contributed by atoms with Crippen molar-refractivity contribution < 1.29 is 4.92 Å². The largest absolute Gasteiger partial charge is 0.364 e. The van der Waals surface area contributed by atoms with Crippen LogP contribution in [0.25, 0.3) is 0 Å². The molecule has 20 heavy (non-hydrogen) atoms. The van der Waals surface area contributed by atoms with Crippen LogP contribution >= 0.6 is 22.6 Å². The van der Waals surface area contributed by atoms with Gasteiger partial charge in [0.1, 0.15) is 6.33 Å². The Hall–Kier alpha value is -1.97. The maximum atomic E-state index is 11.2. The first-order valence-electron chi connectivity index (χ1n) is 5.87. The van der Waals surface area contributed by atoms with Crippen LogP contribution in [0.1, 0.15) is 6.92 Å². The summed E-state index contributed by atoms with van der Waals surface area (Å²) < 4.78 is 1.02. The summed E-state index contributed by atoms with van der Waals surface area (Å²) in [7, 11) is 0. The summed E-state index contributed by atoms with van der Waals surface area (Å²) in [6.07, 6.45) is 1.29. The van der Waals surface area contributed by atoms with Gasteiger partial charge in [-0.15, -0.1) is 0 Å². The Morgan fingerprint density at radius 1 is 1.35 bits per heavy atom. The van der Waals surface area contributed by atoms with Gasteiger partial charge in [-0.1, -0.05) is 6.07 Å². The quantitative estimate of drug-likeness (QED) is 0.467. The zero-order valence-corrected chi connectivity index (χ0v) is 12.8. The van der Waals surface area contributed by atoms with E-state index in [1.165, 1.54) is 6.33 Å². The number of halogens is 1. The van der Waals surface area contributed by atoms with Gasteiger partial charge in [0, 0.05) is 15.8 Å². The van der Waals surface area contributed by atoms with Gasteiger partial charge in [0.25, 0.3) is 0 Å². The first-order valence-corrected chi connectivity index (χ1v) is 6.95. The van der Waals surface area contributed by atoms with E-state index < -0.39 is 4.92 Å². The molecule has 1 aromatic carbocycles. The van der Waals surface area contributed by atoms with E-state index in [9.17, 15) is 10.1 Å². The third kappa shape index (κ3) is 3.32. The number of nitro groups is 1. The highest BCUT2D eigenvalue weighted by Gasteiger charge is 2.22. The molecule has 0 radical (unpaired) electrons. The molecule has 0 atom stereocenters. The van der Waals surface area contributed by atoms with E-state index in [0.29, 0.717) is 6.54 Å². The van der Waals surface area contributed by atoms with E-state index in [4.69, 9.17) is 0 Å². The predicted octanol–water partition coefficient (Wildman–Crippen LogP) is 3.16. The Morgan fingerprint density at radius 2 is 2.10 bits per heavy atom.